The summed E-state index contributed by atoms with van der Waals surface area (Å²) in [5, 5.41) is 8.45. The van der Waals surface area contributed by atoms with Crippen LogP contribution in [-0.4, -0.2) is 15.0 Å². The maximum atomic E-state index is 5.50. The van der Waals surface area contributed by atoms with Crippen LogP contribution in [0, 0.1) is 0 Å². The smallest absolute Gasteiger partial charge is 0.160 e. The molecule has 0 amide bonds. The van der Waals surface area contributed by atoms with Gasteiger partial charge in [-0.05, 0) is 59.2 Å². The zero-order valence-electron chi connectivity index (χ0n) is 32.9. The minimum atomic E-state index is 0.675. The van der Waals surface area contributed by atoms with Gasteiger partial charge >= 0.3 is 0 Å². The molecule has 3 nitrogen and oxygen atoms in total. The number of nitrogens with zero attached hydrogens (tertiary/aromatic N) is 3. The number of para-hydroxylation sites is 1. The van der Waals surface area contributed by atoms with Crippen LogP contribution in [0.1, 0.15) is 12.5 Å². The zero-order valence-corrected chi connectivity index (χ0v) is 33.7. The van der Waals surface area contributed by atoms with Gasteiger partial charge < -0.3 is 0 Å². The normalized spacial score (nSPS) is 11.9. The van der Waals surface area contributed by atoms with Crippen molar-refractivity contribution in [2.45, 2.75) is 6.92 Å². The molecule has 11 rings (SSSR count). The van der Waals surface area contributed by atoms with Crippen LogP contribution in [0.25, 0.3) is 115 Å². The van der Waals surface area contributed by atoms with Crippen molar-refractivity contribution >= 4 is 70.0 Å². The van der Waals surface area contributed by atoms with Crippen molar-refractivity contribution in [3.63, 3.8) is 0 Å². The molecule has 60 heavy (non-hydrogen) atoms. The number of thiophene rings is 1. The van der Waals surface area contributed by atoms with Gasteiger partial charge in [0.1, 0.15) is 0 Å². The summed E-state index contributed by atoms with van der Waals surface area (Å²) >= 11 is 1.86. The van der Waals surface area contributed by atoms with Crippen molar-refractivity contribution in [3.05, 3.63) is 206 Å². The zero-order chi connectivity index (χ0) is 40.0. The van der Waals surface area contributed by atoms with E-state index >= 15 is 0 Å². The van der Waals surface area contributed by atoms with E-state index in [1.54, 1.807) is 0 Å². The van der Waals surface area contributed by atoms with Gasteiger partial charge in [0.2, 0.25) is 0 Å². The lowest BCUT2D eigenvalue weighted by molar-refractivity contribution is 1.19. The molecule has 0 fully saturated rings. The molecule has 0 saturated carbocycles. The molecule has 0 radical (unpaired) electrons. The van der Waals surface area contributed by atoms with Gasteiger partial charge in [-0.15, -0.1) is 11.3 Å². The minimum absolute atomic E-state index is 0.675. The highest BCUT2D eigenvalue weighted by molar-refractivity contribution is 7.26. The number of aromatic nitrogens is 3. The van der Waals surface area contributed by atoms with Gasteiger partial charge in [0.15, 0.2) is 5.82 Å². The van der Waals surface area contributed by atoms with Crippen molar-refractivity contribution in [2.75, 3.05) is 0 Å². The van der Waals surface area contributed by atoms with Crippen molar-refractivity contribution in [2.24, 2.45) is 0 Å². The SMILES string of the molecule is C/C=C\C=C/c1cc(-c2nc(-c3ccccc3)c(-c3cccc(-c4nc5ccccc5c5c4ccc4c6ccccc6sc45)c3)c(-c3ccccc3)n2)cc2ccccc12. The quantitative estimate of drug-likeness (QED) is 0.119. The first-order valence-corrected chi connectivity index (χ1v) is 21.1. The summed E-state index contributed by atoms with van der Waals surface area (Å²) in [7, 11) is 0. The molecule has 0 N–H and O–H groups in total. The predicted molar refractivity (Wildman–Crippen MR) is 256 cm³/mol. The summed E-state index contributed by atoms with van der Waals surface area (Å²) < 4.78 is 2.58. The second kappa shape index (κ2) is 15.0. The van der Waals surface area contributed by atoms with Crippen LogP contribution >= 0.6 is 11.3 Å². The summed E-state index contributed by atoms with van der Waals surface area (Å²) in [5.74, 6) is 0.675. The van der Waals surface area contributed by atoms with Gasteiger partial charge in [-0.1, -0.05) is 176 Å². The Kier molecular flexibility index (Phi) is 8.91. The van der Waals surface area contributed by atoms with E-state index in [0.717, 1.165) is 72.3 Å². The Labute approximate surface area is 352 Å². The van der Waals surface area contributed by atoms with Crippen LogP contribution in [0.15, 0.2) is 200 Å². The molecule has 4 heteroatoms. The fraction of sp³-hybridized carbons (Fsp3) is 0.0179. The van der Waals surface area contributed by atoms with Crippen molar-refractivity contribution < 1.29 is 0 Å². The van der Waals surface area contributed by atoms with Gasteiger partial charge in [0.05, 0.1) is 22.6 Å². The fourth-order valence-corrected chi connectivity index (χ4v) is 9.87. The van der Waals surface area contributed by atoms with E-state index < -0.39 is 0 Å². The average Bonchev–Trinajstić information content (AvgIpc) is 3.70. The maximum absolute atomic E-state index is 5.50. The third-order valence-electron chi connectivity index (χ3n) is 11.4. The molecule has 3 aromatic heterocycles. The van der Waals surface area contributed by atoms with E-state index in [-0.39, 0.29) is 0 Å². The fourth-order valence-electron chi connectivity index (χ4n) is 8.61. The Bertz CT molecular complexity index is 3430. The first-order chi connectivity index (χ1) is 29.7. The standard InChI is InChI=1S/C56H37N3S/c1-2-3-6-22-38-33-42(34-39-23-11-12-26-43(38)39)56-58-53(36-18-7-4-8-19-36)50(54(59-56)37-20-9-5-10-21-37)40-24-17-25-41(35-40)52-47-32-31-45-44-27-14-16-30-49(44)60-55(45)51(47)46-28-13-15-29-48(46)57-52/h2-35H,1H3/b3-2-,22-6-. The lowest BCUT2D eigenvalue weighted by Gasteiger charge is -2.18. The Balaban J connectivity index is 1.17. The average molecular weight is 784 g/mol. The lowest BCUT2D eigenvalue weighted by Crippen LogP contribution is -2.01. The van der Waals surface area contributed by atoms with Gasteiger partial charge in [-0.2, -0.15) is 0 Å². The number of rotatable bonds is 7. The molecule has 11 aromatic rings. The predicted octanol–water partition coefficient (Wildman–Crippen LogP) is 15.6. The second-order valence-corrected chi connectivity index (χ2v) is 16.1. The topological polar surface area (TPSA) is 38.7 Å². The van der Waals surface area contributed by atoms with Gasteiger partial charge in [-0.3, -0.25) is 0 Å². The number of fused-ring (bicyclic) bond motifs is 8. The highest BCUT2D eigenvalue weighted by Gasteiger charge is 2.22. The monoisotopic (exact) mass is 783 g/mol. The number of hydrogen-bond donors (Lipinski definition) is 0. The number of allylic oxidation sites excluding steroid dienone is 3. The van der Waals surface area contributed by atoms with E-state index in [2.05, 4.69) is 200 Å². The molecular formula is C56H37N3S. The number of hydrogen-bond acceptors (Lipinski definition) is 4. The molecule has 0 saturated heterocycles. The second-order valence-electron chi connectivity index (χ2n) is 15.0. The molecule has 0 aliphatic heterocycles. The largest absolute Gasteiger partial charge is 0.247 e. The molecule has 0 bridgehead atoms. The van der Waals surface area contributed by atoms with E-state index in [4.69, 9.17) is 15.0 Å². The van der Waals surface area contributed by atoms with Crippen LogP contribution in [0.5, 0.6) is 0 Å². The van der Waals surface area contributed by atoms with Crippen LogP contribution in [0.3, 0.4) is 0 Å². The number of pyridine rings is 1. The summed E-state index contributed by atoms with van der Waals surface area (Å²) in [5.41, 5.74) is 10.8. The van der Waals surface area contributed by atoms with Crippen molar-refractivity contribution in [1.29, 1.82) is 0 Å². The lowest BCUT2D eigenvalue weighted by atomic mass is 9.91. The molecule has 3 heterocycles. The summed E-state index contributed by atoms with van der Waals surface area (Å²) in [4.78, 5) is 16.4. The maximum Gasteiger partial charge on any atom is 0.160 e. The molecule has 0 aliphatic rings. The molecule has 0 aliphatic carbocycles. The summed E-state index contributed by atoms with van der Waals surface area (Å²) in [6, 6.07) is 64.6. The molecular weight excluding hydrogens is 747 g/mol. The minimum Gasteiger partial charge on any atom is -0.247 e. The van der Waals surface area contributed by atoms with Gasteiger partial charge in [0.25, 0.3) is 0 Å². The van der Waals surface area contributed by atoms with Crippen molar-refractivity contribution in [1.82, 2.24) is 15.0 Å². The molecule has 8 aromatic carbocycles. The van der Waals surface area contributed by atoms with E-state index in [9.17, 15) is 0 Å². The molecule has 282 valence electrons. The van der Waals surface area contributed by atoms with Gasteiger partial charge in [-0.25, -0.2) is 15.0 Å². The third kappa shape index (κ3) is 6.17. The Morgan fingerprint density at radius 2 is 1.07 bits per heavy atom. The third-order valence-corrected chi connectivity index (χ3v) is 12.6. The Morgan fingerprint density at radius 1 is 0.433 bits per heavy atom. The van der Waals surface area contributed by atoms with Gasteiger partial charge in [0, 0.05) is 64.1 Å². The summed E-state index contributed by atoms with van der Waals surface area (Å²) in [6.45, 7) is 2.03. The first-order valence-electron chi connectivity index (χ1n) is 20.3. The Morgan fingerprint density at radius 3 is 1.83 bits per heavy atom. The van der Waals surface area contributed by atoms with E-state index in [0.29, 0.717) is 5.82 Å². The van der Waals surface area contributed by atoms with Crippen LogP contribution < -0.4 is 0 Å². The van der Waals surface area contributed by atoms with E-state index in [1.165, 1.54) is 36.3 Å². The molecule has 0 unspecified atom stereocenters. The highest BCUT2D eigenvalue weighted by atomic mass is 32.1. The summed E-state index contributed by atoms with van der Waals surface area (Å²) in [6.07, 6.45) is 8.35. The molecule has 0 atom stereocenters. The highest BCUT2D eigenvalue weighted by Crippen LogP contribution is 2.45. The van der Waals surface area contributed by atoms with E-state index in [1.807, 2.05) is 24.3 Å². The van der Waals surface area contributed by atoms with Crippen molar-refractivity contribution in [3.8, 4) is 56.3 Å². The van der Waals surface area contributed by atoms with Crippen LogP contribution in [0.4, 0.5) is 0 Å². The molecule has 0 spiro atoms. The van der Waals surface area contributed by atoms with Crippen LogP contribution in [0.2, 0.25) is 0 Å². The Hall–Kier alpha value is -7.53. The number of benzene rings is 8. The first kappa shape index (κ1) is 35.6. The van der Waals surface area contributed by atoms with Crippen LogP contribution in [-0.2, 0) is 0 Å².